The monoisotopic (exact) mass is 428 g/mol. The van der Waals surface area contributed by atoms with Gasteiger partial charge in [0.2, 0.25) is 0 Å². The van der Waals surface area contributed by atoms with E-state index in [0.717, 1.165) is 48.0 Å². The second-order valence-electron chi connectivity index (χ2n) is 6.86. The van der Waals surface area contributed by atoms with E-state index in [1.165, 1.54) is 18.2 Å². The zero-order chi connectivity index (χ0) is 20.8. The molecule has 0 amide bonds. The highest BCUT2D eigenvalue weighted by molar-refractivity contribution is 7.09. The first-order chi connectivity index (χ1) is 14.7. The Morgan fingerprint density at radius 3 is 2.80 bits per heavy atom. The summed E-state index contributed by atoms with van der Waals surface area (Å²) >= 11 is 1.62. The summed E-state index contributed by atoms with van der Waals surface area (Å²) in [4.78, 5) is 16.2. The largest absolute Gasteiger partial charge is 0.342 e. The summed E-state index contributed by atoms with van der Waals surface area (Å²) in [6.45, 7) is 2.54. The van der Waals surface area contributed by atoms with Crippen LogP contribution in [0.25, 0.3) is 11.0 Å². The number of pyridine rings is 1. The van der Waals surface area contributed by atoms with E-state index in [0.29, 0.717) is 24.3 Å². The predicted molar refractivity (Wildman–Crippen MR) is 113 cm³/mol. The van der Waals surface area contributed by atoms with Crippen molar-refractivity contribution in [2.24, 2.45) is 0 Å². The van der Waals surface area contributed by atoms with Crippen LogP contribution in [0.4, 0.5) is 8.78 Å². The van der Waals surface area contributed by atoms with Gasteiger partial charge in [-0.25, -0.2) is 18.7 Å². The van der Waals surface area contributed by atoms with E-state index < -0.39 is 0 Å². The number of H-pyrrole nitrogens is 1. The van der Waals surface area contributed by atoms with Gasteiger partial charge in [0.1, 0.15) is 17.5 Å². The Morgan fingerprint density at radius 2 is 1.90 bits per heavy atom. The van der Waals surface area contributed by atoms with E-state index >= 15 is 0 Å². The van der Waals surface area contributed by atoms with Crippen LogP contribution in [0, 0.1) is 11.6 Å². The van der Waals surface area contributed by atoms with E-state index in [4.69, 9.17) is 0 Å². The van der Waals surface area contributed by atoms with Gasteiger partial charge in [-0.2, -0.15) is 0 Å². The fourth-order valence-electron chi connectivity index (χ4n) is 3.08. The molecule has 156 valence electrons. The first kappa shape index (κ1) is 20.5. The second-order valence-corrected chi connectivity index (χ2v) is 7.81. The Kier molecular flexibility index (Phi) is 6.73. The number of hydrogen-bond acceptors (Lipinski definition) is 6. The zero-order valence-corrected chi connectivity index (χ0v) is 17.1. The lowest BCUT2D eigenvalue weighted by atomic mass is 10.3. The molecule has 0 aliphatic carbocycles. The molecule has 9 heteroatoms. The van der Waals surface area contributed by atoms with Gasteiger partial charge in [-0.05, 0) is 24.3 Å². The molecule has 4 rings (SSSR count). The van der Waals surface area contributed by atoms with E-state index in [-0.39, 0.29) is 11.6 Å². The lowest BCUT2D eigenvalue weighted by Gasteiger charge is -2.03. The van der Waals surface area contributed by atoms with Crippen LogP contribution in [-0.2, 0) is 25.9 Å². The van der Waals surface area contributed by atoms with E-state index in [9.17, 15) is 8.78 Å². The molecule has 0 saturated carbocycles. The molecule has 0 aliphatic rings. The van der Waals surface area contributed by atoms with Gasteiger partial charge in [0.25, 0.3) is 0 Å². The smallest absolute Gasteiger partial charge is 0.146 e. The molecule has 3 heterocycles. The minimum absolute atomic E-state index is 0.277. The average molecular weight is 429 g/mol. The number of fused-ring (bicyclic) bond motifs is 1. The molecule has 3 N–H and O–H groups in total. The van der Waals surface area contributed by atoms with Crippen molar-refractivity contribution in [1.82, 2.24) is 30.6 Å². The number of benzene rings is 1. The number of aromatic nitrogens is 4. The van der Waals surface area contributed by atoms with Gasteiger partial charge in [0.15, 0.2) is 0 Å². The summed E-state index contributed by atoms with van der Waals surface area (Å²) in [6.07, 6.45) is 3.17. The molecule has 0 radical (unpaired) electrons. The van der Waals surface area contributed by atoms with Crippen molar-refractivity contribution < 1.29 is 8.78 Å². The van der Waals surface area contributed by atoms with Crippen molar-refractivity contribution in [1.29, 1.82) is 0 Å². The molecule has 0 atom stereocenters. The number of rotatable bonds is 10. The summed E-state index contributed by atoms with van der Waals surface area (Å²) in [6, 6.07) is 7.56. The SMILES string of the molecule is Fc1ccc2[nH]c(CCNCCc3nc(CNCc4ncccc4F)cs3)nc2c1. The average Bonchev–Trinajstić information content (AvgIpc) is 3.35. The number of imidazole rings is 1. The standard InChI is InChI=1S/C21H22F2N6S/c22-14-3-4-17-18(10-14)29-20(28-17)5-8-24-9-6-21-27-15(13-30-21)11-25-12-19-16(23)2-1-7-26-19/h1-4,7,10,13,24-25H,5-6,8-9,11-12H2,(H,28,29). The van der Waals surface area contributed by atoms with Crippen LogP contribution in [-0.4, -0.2) is 33.0 Å². The molecular formula is C21H22F2N6S. The van der Waals surface area contributed by atoms with Crippen LogP contribution in [0.2, 0.25) is 0 Å². The minimum Gasteiger partial charge on any atom is -0.342 e. The van der Waals surface area contributed by atoms with Gasteiger partial charge in [-0.15, -0.1) is 11.3 Å². The molecule has 0 aliphatic heterocycles. The Labute approximate surface area is 176 Å². The summed E-state index contributed by atoms with van der Waals surface area (Å²) in [5, 5.41) is 9.63. The normalized spacial score (nSPS) is 11.4. The predicted octanol–water partition coefficient (Wildman–Crippen LogP) is 3.36. The molecule has 30 heavy (non-hydrogen) atoms. The van der Waals surface area contributed by atoms with Crippen molar-refractivity contribution in [3.05, 3.63) is 75.8 Å². The summed E-state index contributed by atoms with van der Waals surface area (Å²) in [5.41, 5.74) is 2.86. The van der Waals surface area contributed by atoms with Gasteiger partial charge < -0.3 is 15.6 Å². The molecule has 0 saturated heterocycles. The molecular weight excluding hydrogens is 406 g/mol. The van der Waals surface area contributed by atoms with E-state index in [2.05, 4.69) is 30.6 Å². The maximum atomic E-state index is 13.6. The van der Waals surface area contributed by atoms with Crippen LogP contribution < -0.4 is 10.6 Å². The lowest BCUT2D eigenvalue weighted by molar-refractivity contribution is 0.572. The van der Waals surface area contributed by atoms with Crippen molar-refractivity contribution in [3.63, 3.8) is 0 Å². The third kappa shape index (κ3) is 5.44. The summed E-state index contributed by atoms with van der Waals surface area (Å²) < 4.78 is 26.8. The van der Waals surface area contributed by atoms with Crippen LogP contribution in [0.1, 0.15) is 22.2 Å². The Balaban J connectivity index is 1.15. The first-order valence-electron chi connectivity index (χ1n) is 9.75. The van der Waals surface area contributed by atoms with Crippen molar-refractivity contribution in [2.75, 3.05) is 13.1 Å². The van der Waals surface area contributed by atoms with Gasteiger partial charge in [0.05, 0.1) is 27.4 Å². The number of nitrogens with zero attached hydrogens (tertiary/aromatic N) is 3. The van der Waals surface area contributed by atoms with E-state index in [1.54, 1.807) is 29.7 Å². The van der Waals surface area contributed by atoms with Crippen molar-refractivity contribution >= 4 is 22.4 Å². The maximum absolute atomic E-state index is 13.6. The Bertz CT molecular complexity index is 1110. The lowest BCUT2D eigenvalue weighted by Crippen LogP contribution is -2.20. The highest BCUT2D eigenvalue weighted by Gasteiger charge is 2.06. The van der Waals surface area contributed by atoms with Crippen molar-refractivity contribution in [2.45, 2.75) is 25.9 Å². The summed E-state index contributed by atoms with van der Waals surface area (Å²) in [7, 11) is 0. The second kappa shape index (κ2) is 9.84. The number of thiazole rings is 1. The summed E-state index contributed by atoms with van der Waals surface area (Å²) in [5.74, 6) is 0.264. The van der Waals surface area contributed by atoms with Crippen LogP contribution >= 0.6 is 11.3 Å². The van der Waals surface area contributed by atoms with Crippen LogP contribution in [0.15, 0.2) is 41.9 Å². The van der Waals surface area contributed by atoms with Crippen LogP contribution in [0.3, 0.4) is 0 Å². The highest BCUT2D eigenvalue weighted by Crippen LogP contribution is 2.13. The zero-order valence-electron chi connectivity index (χ0n) is 16.3. The fraction of sp³-hybridized carbons (Fsp3) is 0.286. The molecule has 0 fully saturated rings. The van der Waals surface area contributed by atoms with Gasteiger partial charge in [-0.1, -0.05) is 0 Å². The highest BCUT2D eigenvalue weighted by atomic mass is 32.1. The molecule has 4 aromatic rings. The van der Waals surface area contributed by atoms with Crippen molar-refractivity contribution in [3.8, 4) is 0 Å². The van der Waals surface area contributed by atoms with Gasteiger partial charge in [-0.3, -0.25) is 4.98 Å². The quantitative estimate of drug-likeness (QED) is 0.338. The number of aromatic amines is 1. The Morgan fingerprint density at radius 1 is 1.00 bits per heavy atom. The number of nitrogens with one attached hydrogen (secondary N) is 3. The Hall–Kier alpha value is -2.75. The molecule has 0 unspecified atom stereocenters. The van der Waals surface area contributed by atoms with Gasteiger partial charge in [0, 0.05) is 56.7 Å². The molecule has 1 aromatic carbocycles. The molecule has 0 bridgehead atoms. The van der Waals surface area contributed by atoms with E-state index in [1.807, 2.05) is 5.38 Å². The van der Waals surface area contributed by atoms with Gasteiger partial charge >= 0.3 is 0 Å². The molecule has 0 spiro atoms. The van der Waals surface area contributed by atoms with Crippen LogP contribution in [0.5, 0.6) is 0 Å². The fourth-order valence-corrected chi connectivity index (χ4v) is 3.88. The third-order valence-electron chi connectivity index (χ3n) is 4.58. The molecule has 3 aromatic heterocycles. The first-order valence-corrected chi connectivity index (χ1v) is 10.6. The topological polar surface area (TPSA) is 78.5 Å². The minimum atomic E-state index is -0.301. The molecule has 6 nitrogen and oxygen atoms in total. The third-order valence-corrected chi connectivity index (χ3v) is 5.54. The number of hydrogen-bond donors (Lipinski definition) is 3. The number of halogens is 2. The maximum Gasteiger partial charge on any atom is 0.146 e.